The molecule has 4 aliphatic rings. The molecule has 0 spiro atoms. The molecule has 0 fully saturated rings. The van der Waals surface area contributed by atoms with E-state index in [-0.39, 0.29) is 23.6 Å². The standard InChI is InChI=1S/C64H56N2O6/c1-3-5-7-9-11-13-27-65-61(67)45-24-21-40-42-22-25-47-58-50(64(70)66(63(47)69)28-14-12-10-8-6-4-2)30-49(56(60(42)58)44-23-26-46(62(65)68)57(45)54(40)44)48-29-38-34-72-33-37-16-19-41-39-18-15-35-31-71-32-36-17-20-43(53(39)51(35)36)55(48)59(41)52(37)38/h15-26,29-30H,3-14,27-28,31-34H2,1-2H3. The van der Waals surface area contributed by atoms with Gasteiger partial charge in [0.25, 0.3) is 23.6 Å². The molecule has 4 aliphatic heterocycles. The minimum Gasteiger partial charge on any atom is -0.372 e. The number of nitrogens with zero attached hydrogens (tertiary/aromatic N) is 2. The Morgan fingerprint density at radius 2 is 0.681 bits per heavy atom. The van der Waals surface area contributed by atoms with Gasteiger partial charge in [0.2, 0.25) is 0 Å². The predicted molar refractivity (Wildman–Crippen MR) is 289 cm³/mol. The molecule has 14 rings (SSSR count). The number of fused-ring (bicyclic) bond motifs is 4. The molecule has 0 bridgehead atoms. The van der Waals surface area contributed by atoms with Crippen LogP contribution in [0.5, 0.6) is 0 Å². The zero-order chi connectivity index (χ0) is 48.5. The van der Waals surface area contributed by atoms with Crippen molar-refractivity contribution < 1.29 is 28.7 Å². The molecule has 10 aromatic rings. The number of imide groups is 2. The molecule has 358 valence electrons. The van der Waals surface area contributed by atoms with Crippen LogP contribution < -0.4 is 0 Å². The van der Waals surface area contributed by atoms with Crippen molar-refractivity contribution in [3.63, 3.8) is 0 Å². The normalized spacial score (nSPS) is 15.6. The molecule has 0 aliphatic carbocycles. The van der Waals surface area contributed by atoms with E-state index < -0.39 is 0 Å². The zero-order valence-corrected chi connectivity index (χ0v) is 41.2. The highest BCUT2D eigenvalue weighted by Gasteiger charge is 2.38. The molecule has 72 heavy (non-hydrogen) atoms. The smallest absolute Gasteiger partial charge is 0.261 e. The molecule has 0 atom stereocenters. The van der Waals surface area contributed by atoms with E-state index in [0.717, 1.165) is 130 Å². The summed E-state index contributed by atoms with van der Waals surface area (Å²) in [5.41, 5.74) is 8.56. The lowest BCUT2D eigenvalue weighted by Gasteiger charge is -2.31. The van der Waals surface area contributed by atoms with Gasteiger partial charge in [-0.15, -0.1) is 0 Å². The van der Waals surface area contributed by atoms with Gasteiger partial charge in [-0.2, -0.15) is 0 Å². The van der Waals surface area contributed by atoms with E-state index in [1.54, 1.807) is 0 Å². The van der Waals surface area contributed by atoms with Gasteiger partial charge in [-0.05, 0) is 152 Å². The minimum absolute atomic E-state index is 0.256. The third-order valence-corrected chi connectivity index (χ3v) is 17.0. The van der Waals surface area contributed by atoms with Crippen LogP contribution in [-0.2, 0) is 35.9 Å². The predicted octanol–water partition coefficient (Wildman–Crippen LogP) is 15.4. The number of hydrogen-bond donors (Lipinski definition) is 0. The first kappa shape index (κ1) is 43.8. The van der Waals surface area contributed by atoms with Crippen molar-refractivity contribution in [1.82, 2.24) is 9.80 Å². The lowest BCUT2D eigenvalue weighted by Crippen LogP contribution is -2.41. The molecule has 4 heterocycles. The van der Waals surface area contributed by atoms with Gasteiger partial charge in [0.05, 0.1) is 26.4 Å². The summed E-state index contributed by atoms with van der Waals surface area (Å²) in [7, 11) is 0. The van der Waals surface area contributed by atoms with Crippen molar-refractivity contribution in [2.75, 3.05) is 13.1 Å². The van der Waals surface area contributed by atoms with Crippen molar-refractivity contribution in [2.45, 2.75) is 117 Å². The van der Waals surface area contributed by atoms with E-state index in [2.05, 4.69) is 68.4 Å². The number of ether oxygens (including phenoxy) is 2. The van der Waals surface area contributed by atoms with E-state index in [0.29, 0.717) is 72.5 Å². The van der Waals surface area contributed by atoms with Gasteiger partial charge >= 0.3 is 0 Å². The molecule has 0 aromatic heterocycles. The lowest BCUT2D eigenvalue weighted by atomic mass is 9.77. The summed E-state index contributed by atoms with van der Waals surface area (Å²) in [5.74, 6) is -1.04. The summed E-state index contributed by atoms with van der Waals surface area (Å²) >= 11 is 0. The van der Waals surface area contributed by atoms with Crippen LogP contribution in [0.1, 0.15) is 155 Å². The number of benzene rings is 10. The molecule has 0 radical (unpaired) electrons. The van der Waals surface area contributed by atoms with Gasteiger partial charge in [-0.25, -0.2) is 0 Å². The number of carbonyl (C=O) groups is 4. The highest BCUT2D eigenvalue weighted by Crippen LogP contribution is 2.54. The lowest BCUT2D eigenvalue weighted by molar-refractivity contribution is 0.0592. The van der Waals surface area contributed by atoms with E-state index in [9.17, 15) is 14.4 Å². The highest BCUT2D eigenvalue weighted by molar-refractivity contribution is 6.44. The fourth-order valence-corrected chi connectivity index (χ4v) is 13.7. The van der Waals surface area contributed by atoms with E-state index >= 15 is 4.79 Å². The molecule has 4 amide bonds. The zero-order valence-electron chi connectivity index (χ0n) is 41.2. The first-order valence-corrected chi connectivity index (χ1v) is 26.7. The van der Waals surface area contributed by atoms with Crippen LogP contribution in [0.25, 0.3) is 97.3 Å². The number of carbonyl (C=O) groups excluding carboxylic acids is 4. The topological polar surface area (TPSA) is 93.2 Å². The molecule has 8 heteroatoms. The van der Waals surface area contributed by atoms with Crippen molar-refractivity contribution in [3.05, 3.63) is 129 Å². The summed E-state index contributed by atoms with van der Waals surface area (Å²) in [6.07, 6.45) is 12.6. The SMILES string of the molecule is CCCCCCCCN1C(=O)c2ccc3c4ccc5c6c(cc(-c7cc8c9c(ccc%10c%11ccc%12c%13c(ccc(c7c9%10)c%13%11)COC%12)COC8)c(c7ccc(c2c37)C1=O)c64)C(=O)N(CCCCCCCC)C5=O. The van der Waals surface area contributed by atoms with Gasteiger partial charge in [-0.3, -0.25) is 29.0 Å². The van der Waals surface area contributed by atoms with E-state index in [4.69, 9.17) is 9.47 Å². The molecule has 8 nitrogen and oxygen atoms in total. The first-order valence-electron chi connectivity index (χ1n) is 26.7. The third-order valence-electron chi connectivity index (χ3n) is 17.0. The van der Waals surface area contributed by atoms with Crippen LogP contribution in [-0.4, -0.2) is 46.5 Å². The Bertz CT molecular complexity index is 3980. The fourth-order valence-electron chi connectivity index (χ4n) is 13.7. The van der Waals surface area contributed by atoms with Crippen LogP contribution in [0.2, 0.25) is 0 Å². The second-order valence-corrected chi connectivity index (χ2v) is 21.1. The van der Waals surface area contributed by atoms with Crippen LogP contribution >= 0.6 is 0 Å². The summed E-state index contributed by atoms with van der Waals surface area (Å²) < 4.78 is 12.5. The van der Waals surface area contributed by atoms with Crippen LogP contribution in [0.4, 0.5) is 0 Å². The number of amides is 4. The minimum atomic E-state index is -0.269. The fraction of sp³-hybridized carbons (Fsp3) is 0.312. The second-order valence-electron chi connectivity index (χ2n) is 21.1. The number of hydrogen-bond acceptors (Lipinski definition) is 6. The van der Waals surface area contributed by atoms with Crippen molar-refractivity contribution in [2.24, 2.45) is 0 Å². The Kier molecular flexibility index (Phi) is 10.2. The monoisotopic (exact) mass is 948 g/mol. The van der Waals surface area contributed by atoms with Crippen LogP contribution in [0, 0.1) is 0 Å². The molecular formula is C64H56N2O6. The molecule has 0 unspecified atom stereocenters. The van der Waals surface area contributed by atoms with Crippen molar-refractivity contribution in [3.8, 4) is 11.1 Å². The van der Waals surface area contributed by atoms with Gasteiger partial charge in [0.15, 0.2) is 0 Å². The van der Waals surface area contributed by atoms with Gasteiger partial charge in [-0.1, -0.05) is 133 Å². The first-order chi connectivity index (χ1) is 35.4. The van der Waals surface area contributed by atoms with Crippen LogP contribution in [0.15, 0.2) is 84.9 Å². The Balaban J connectivity index is 1.07. The molecule has 10 aromatic carbocycles. The Labute approximate surface area is 417 Å². The molecule has 0 saturated heterocycles. The Morgan fingerprint density at radius 3 is 1.21 bits per heavy atom. The Hall–Kier alpha value is -7.00. The quantitative estimate of drug-likeness (QED) is 0.0440. The summed E-state index contributed by atoms with van der Waals surface area (Å²) in [5, 5.41) is 16.1. The maximum atomic E-state index is 15.3. The van der Waals surface area contributed by atoms with E-state index in [1.807, 2.05) is 30.3 Å². The van der Waals surface area contributed by atoms with Gasteiger partial charge in [0.1, 0.15) is 0 Å². The van der Waals surface area contributed by atoms with Crippen molar-refractivity contribution >= 4 is 110 Å². The van der Waals surface area contributed by atoms with Crippen LogP contribution in [0.3, 0.4) is 0 Å². The maximum absolute atomic E-state index is 15.3. The Morgan fingerprint density at radius 1 is 0.319 bits per heavy atom. The number of unbranched alkanes of at least 4 members (excludes halogenated alkanes) is 10. The average molecular weight is 949 g/mol. The summed E-state index contributed by atoms with van der Waals surface area (Å²) in [4.78, 5) is 62.4. The summed E-state index contributed by atoms with van der Waals surface area (Å²) in [6, 6.07) is 29.8. The number of rotatable bonds is 15. The molecule has 0 N–H and O–H groups in total. The van der Waals surface area contributed by atoms with E-state index in [1.165, 1.54) is 66.1 Å². The molecule has 0 saturated carbocycles. The van der Waals surface area contributed by atoms with Gasteiger partial charge < -0.3 is 9.47 Å². The maximum Gasteiger partial charge on any atom is 0.261 e. The average Bonchev–Trinajstić information content (AvgIpc) is 3.41. The van der Waals surface area contributed by atoms with Crippen molar-refractivity contribution in [1.29, 1.82) is 0 Å². The second kappa shape index (κ2) is 16.8. The van der Waals surface area contributed by atoms with Gasteiger partial charge in [0, 0.05) is 46.1 Å². The highest BCUT2D eigenvalue weighted by atomic mass is 16.5. The largest absolute Gasteiger partial charge is 0.372 e. The summed E-state index contributed by atoms with van der Waals surface area (Å²) in [6.45, 7) is 7.20. The third kappa shape index (κ3) is 6.12. The molecular weight excluding hydrogens is 893 g/mol.